The van der Waals surface area contributed by atoms with E-state index in [0.717, 1.165) is 42.1 Å². The van der Waals surface area contributed by atoms with Gasteiger partial charge in [0.25, 0.3) is 0 Å². The van der Waals surface area contributed by atoms with E-state index in [9.17, 15) is 5.26 Å². The van der Waals surface area contributed by atoms with Gasteiger partial charge in [-0.15, -0.1) is 0 Å². The molecule has 0 spiro atoms. The summed E-state index contributed by atoms with van der Waals surface area (Å²) in [6.45, 7) is 0.418. The fraction of sp³-hybridized carbons (Fsp3) is 0.350. The maximum atomic E-state index is 9.51. The Morgan fingerprint density at radius 1 is 1.19 bits per heavy atom. The molecule has 2 atom stereocenters. The normalized spacial score (nSPS) is 20.0. The second-order valence-corrected chi connectivity index (χ2v) is 6.70. The number of hydrogen-bond acceptors (Lipinski definition) is 5. The van der Waals surface area contributed by atoms with Crippen molar-refractivity contribution in [3.05, 3.63) is 48.2 Å². The highest BCUT2D eigenvalue weighted by molar-refractivity contribution is 5.93. The van der Waals surface area contributed by atoms with Crippen molar-refractivity contribution in [3.63, 3.8) is 0 Å². The summed E-state index contributed by atoms with van der Waals surface area (Å²) >= 11 is 0. The molecule has 132 valence electrons. The van der Waals surface area contributed by atoms with E-state index in [1.807, 2.05) is 41.1 Å². The summed E-state index contributed by atoms with van der Waals surface area (Å²) in [7, 11) is 0. The van der Waals surface area contributed by atoms with E-state index in [1.165, 1.54) is 0 Å². The molecule has 26 heavy (non-hydrogen) atoms. The number of nitriles is 1. The first-order valence-electron chi connectivity index (χ1n) is 8.97. The van der Waals surface area contributed by atoms with Crippen LogP contribution in [0, 0.1) is 17.2 Å². The van der Waals surface area contributed by atoms with Gasteiger partial charge >= 0.3 is 0 Å². The van der Waals surface area contributed by atoms with Crippen LogP contribution in [0.2, 0.25) is 0 Å². The molecule has 2 aromatic heterocycles. The molecule has 1 saturated carbocycles. The number of nitrogens with two attached hydrogens (primary N) is 1. The maximum absolute atomic E-state index is 9.51. The highest BCUT2D eigenvalue weighted by atomic mass is 16.5. The number of ether oxygens (including phenoxy) is 1. The van der Waals surface area contributed by atoms with E-state index in [2.05, 4.69) is 16.2 Å². The van der Waals surface area contributed by atoms with Crippen LogP contribution in [-0.4, -0.2) is 14.8 Å². The smallest absolute Gasteiger partial charge is 0.227 e. The third kappa shape index (κ3) is 2.97. The molecule has 3 aromatic rings. The number of nitrogen functional groups attached to an aromatic ring is 1. The molecule has 2 heterocycles. The van der Waals surface area contributed by atoms with Crippen molar-refractivity contribution < 1.29 is 4.74 Å². The first kappa shape index (κ1) is 16.4. The average molecular weight is 347 g/mol. The molecule has 1 aliphatic carbocycles. The van der Waals surface area contributed by atoms with Crippen molar-refractivity contribution >= 4 is 16.7 Å². The summed E-state index contributed by atoms with van der Waals surface area (Å²) in [5.41, 5.74) is 8.15. The number of hydrogen-bond donors (Lipinski definition) is 1. The topological polar surface area (TPSA) is 89.8 Å². The van der Waals surface area contributed by atoms with Crippen LogP contribution in [0.3, 0.4) is 0 Å². The van der Waals surface area contributed by atoms with Crippen molar-refractivity contribution in [1.82, 2.24) is 14.8 Å². The first-order valence-corrected chi connectivity index (χ1v) is 8.97. The molecule has 2 N–H and O–H groups in total. The van der Waals surface area contributed by atoms with Gasteiger partial charge in [-0.1, -0.05) is 43.2 Å². The van der Waals surface area contributed by atoms with Crippen LogP contribution in [0.5, 0.6) is 5.88 Å². The van der Waals surface area contributed by atoms with Gasteiger partial charge in [0.15, 0.2) is 5.82 Å². The molecule has 6 heteroatoms. The predicted octanol–water partition coefficient (Wildman–Crippen LogP) is 3.85. The van der Waals surface area contributed by atoms with E-state index < -0.39 is 0 Å². The van der Waals surface area contributed by atoms with E-state index in [4.69, 9.17) is 10.5 Å². The standard InChI is InChI=1S/C20H21N5O/c21-12-15-8-4-5-9-16(15)25-17-10-11-23-20(18(17)19(22)24-25)26-13-14-6-2-1-3-7-14/h1-3,6-7,10-11,15-16H,4-5,8-9,13H2,(H2,22,24). The molecule has 0 saturated heterocycles. The Morgan fingerprint density at radius 3 is 2.81 bits per heavy atom. The zero-order valence-corrected chi connectivity index (χ0v) is 14.5. The van der Waals surface area contributed by atoms with Gasteiger partial charge in [-0.2, -0.15) is 10.4 Å². The zero-order chi connectivity index (χ0) is 17.9. The van der Waals surface area contributed by atoms with Crippen molar-refractivity contribution in [1.29, 1.82) is 5.26 Å². The average Bonchev–Trinajstić information content (AvgIpc) is 3.04. The minimum Gasteiger partial charge on any atom is -0.472 e. The lowest BCUT2D eigenvalue weighted by atomic mass is 9.85. The Hall–Kier alpha value is -3.07. The van der Waals surface area contributed by atoms with Gasteiger partial charge in [0.05, 0.1) is 23.5 Å². The molecule has 0 bridgehead atoms. The van der Waals surface area contributed by atoms with Crippen LogP contribution in [0.1, 0.15) is 37.3 Å². The van der Waals surface area contributed by atoms with Crippen molar-refractivity contribution in [3.8, 4) is 11.9 Å². The Morgan fingerprint density at radius 2 is 2.00 bits per heavy atom. The van der Waals surface area contributed by atoms with Gasteiger partial charge in [-0.05, 0) is 24.5 Å². The summed E-state index contributed by atoms with van der Waals surface area (Å²) in [4.78, 5) is 4.36. The summed E-state index contributed by atoms with van der Waals surface area (Å²) in [5.74, 6) is 0.853. The highest BCUT2D eigenvalue weighted by Gasteiger charge is 2.29. The van der Waals surface area contributed by atoms with Crippen LogP contribution in [0.25, 0.3) is 10.9 Å². The van der Waals surface area contributed by atoms with E-state index in [1.54, 1.807) is 6.20 Å². The summed E-state index contributed by atoms with van der Waals surface area (Å²) in [6, 6.07) is 14.3. The van der Waals surface area contributed by atoms with E-state index >= 15 is 0 Å². The molecule has 0 radical (unpaired) electrons. The van der Waals surface area contributed by atoms with Gasteiger partial charge in [0.1, 0.15) is 12.0 Å². The van der Waals surface area contributed by atoms with Crippen LogP contribution in [0.4, 0.5) is 5.82 Å². The third-order valence-corrected chi connectivity index (χ3v) is 5.04. The number of benzene rings is 1. The largest absolute Gasteiger partial charge is 0.472 e. The summed E-state index contributed by atoms with van der Waals surface area (Å²) in [6.07, 6.45) is 5.76. The summed E-state index contributed by atoms with van der Waals surface area (Å²) in [5, 5.41) is 14.8. The predicted molar refractivity (Wildman–Crippen MR) is 99.3 cm³/mol. The van der Waals surface area contributed by atoms with Crippen LogP contribution in [0.15, 0.2) is 42.6 Å². The maximum Gasteiger partial charge on any atom is 0.227 e. The monoisotopic (exact) mass is 347 g/mol. The van der Waals surface area contributed by atoms with E-state index in [0.29, 0.717) is 18.3 Å². The van der Waals surface area contributed by atoms with Gasteiger partial charge < -0.3 is 10.5 Å². The third-order valence-electron chi connectivity index (χ3n) is 5.04. The van der Waals surface area contributed by atoms with Gasteiger partial charge in [0.2, 0.25) is 5.88 Å². The van der Waals surface area contributed by atoms with Gasteiger partial charge in [-0.3, -0.25) is 4.68 Å². The molecule has 1 fully saturated rings. The van der Waals surface area contributed by atoms with Crippen molar-refractivity contribution in [2.75, 3.05) is 5.73 Å². The lowest BCUT2D eigenvalue weighted by Gasteiger charge is -2.27. The summed E-state index contributed by atoms with van der Waals surface area (Å²) < 4.78 is 7.84. The van der Waals surface area contributed by atoms with Crippen molar-refractivity contribution in [2.45, 2.75) is 38.3 Å². The molecule has 0 amide bonds. The zero-order valence-electron chi connectivity index (χ0n) is 14.5. The Kier molecular flexibility index (Phi) is 4.44. The van der Waals surface area contributed by atoms with Gasteiger partial charge in [-0.25, -0.2) is 4.98 Å². The van der Waals surface area contributed by atoms with Crippen LogP contribution >= 0.6 is 0 Å². The molecule has 1 aromatic carbocycles. The quantitative estimate of drug-likeness (QED) is 0.774. The van der Waals surface area contributed by atoms with Crippen molar-refractivity contribution in [2.24, 2.45) is 5.92 Å². The second-order valence-electron chi connectivity index (χ2n) is 6.70. The van der Waals surface area contributed by atoms with Crippen LogP contribution < -0.4 is 10.5 Å². The lowest BCUT2D eigenvalue weighted by Crippen LogP contribution is -2.23. The lowest BCUT2D eigenvalue weighted by molar-refractivity contribution is 0.277. The molecular formula is C20H21N5O. The Balaban J connectivity index is 1.69. The van der Waals surface area contributed by atoms with Crippen LogP contribution in [-0.2, 0) is 6.61 Å². The molecule has 2 unspecified atom stereocenters. The molecular weight excluding hydrogens is 326 g/mol. The fourth-order valence-corrected chi connectivity index (χ4v) is 3.73. The first-order chi connectivity index (χ1) is 12.8. The van der Waals surface area contributed by atoms with Gasteiger partial charge in [0, 0.05) is 6.20 Å². The SMILES string of the molecule is N#CC1CCCCC1n1nc(N)c2c(OCc3ccccc3)nccc21. The number of aromatic nitrogens is 3. The second kappa shape index (κ2) is 7.04. The highest BCUT2D eigenvalue weighted by Crippen LogP contribution is 2.38. The Bertz CT molecular complexity index is 944. The number of nitrogens with zero attached hydrogens (tertiary/aromatic N) is 4. The molecule has 0 aliphatic heterocycles. The number of pyridine rings is 1. The number of anilines is 1. The number of fused-ring (bicyclic) bond motifs is 1. The Labute approximate surface area is 152 Å². The molecule has 1 aliphatic rings. The fourth-order valence-electron chi connectivity index (χ4n) is 3.73. The number of rotatable bonds is 4. The molecule has 6 nitrogen and oxygen atoms in total. The minimum atomic E-state index is -0.0342. The van der Waals surface area contributed by atoms with E-state index in [-0.39, 0.29) is 12.0 Å². The molecule has 4 rings (SSSR count). The minimum absolute atomic E-state index is 0.0342.